The summed E-state index contributed by atoms with van der Waals surface area (Å²) in [5.74, 6) is 0.434. The van der Waals surface area contributed by atoms with Crippen LogP contribution in [0.25, 0.3) is 0 Å². The zero-order valence-electron chi connectivity index (χ0n) is 10.2. The van der Waals surface area contributed by atoms with Crippen molar-refractivity contribution in [3.63, 3.8) is 0 Å². The molecule has 2 aromatic rings. The van der Waals surface area contributed by atoms with Crippen LogP contribution < -0.4 is 0 Å². The number of carbonyl (C=O) groups is 1. The summed E-state index contributed by atoms with van der Waals surface area (Å²) in [6.45, 7) is 0. The van der Waals surface area contributed by atoms with Crippen LogP contribution in [0.1, 0.15) is 34.1 Å². The number of benzene rings is 2. The van der Waals surface area contributed by atoms with Crippen LogP contribution in [0.2, 0.25) is 0 Å². The number of rotatable bonds is 1. The first kappa shape index (κ1) is 9.79. The van der Waals surface area contributed by atoms with Crippen LogP contribution in [-0.2, 0) is 10.2 Å². The van der Waals surface area contributed by atoms with E-state index in [0.29, 0.717) is 11.8 Å². The van der Waals surface area contributed by atoms with Gasteiger partial charge in [-0.05, 0) is 40.0 Å². The van der Waals surface area contributed by atoms with Crippen LogP contribution in [0.5, 0.6) is 0 Å². The SMILES string of the molecule is O=C(O)C12c3ccccc3[C@@H]3C1[C@@H]3c1ccccc12. The maximum Gasteiger partial charge on any atom is 0.319 e. The molecule has 1 N–H and O–H groups in total. The van der Waals surface area contributed by atoms with Gasteiger partial charge in [-0.2, -0.15) is 0 Å². The highest BCUT2D eigenvalue weighted by atomic mass is 16.4. The van der Waals surface area contributed by atoms with Crippen molar-refractivity contribution < 1.29 is 9.90 Å². The van der Waals surface area contributed by atoms with Crippen molar-refractivity contribution in [2.45, 2.75) is 17.3 Å². The van der Waals surface area contributed by atoms with Gasteiger partial charge in [-0.25, -0.2) is 0 Å². The minimum absolute atomic E-state index is 0.250. The number of carboxylic acid groups (broad SMARTS) is 1. The molecule has 3 aliphatic rings. The quantitative estimate of drug-likeness (QED) is 0.842. The zero-order chi connectivity index (χ0) is 12.8. The van der Waals surface area contributed by atoms with E-state index in [1.807, 2.05) is 36.4 Å². The molecule has 4 atom stereocenters. The average molecular weight is 248 g/mol. The maximum atomic E-state index is 12.1. The highest BCUT2D eigenvalue weighted by molar-refractivity contribution is 5.94. The number of carboxylic acids is 1. The van der Waals surface area contributed by atoms with Gasteiger partial charge in [0.1, 0.15) is 5.41 Å². The first-order valence-corrected chi connectivity index (χ1v) is 6.70. The van der Waals surface area contributed by atoms with Gasteiger partial charge in [-0.15, -0.1) is 0 Å². The number of hydrogen-bond donors (Lipinski definition) is 1. The van der Waals surface area contributed by atoms with Gasteiger partial charge < -0.3 is 5.11 Å². The largest absolute Gasteiger partial charge is 0.480 e. The third-order valence-corrected chi connectivity index (χ3v) is 5.35. The molecule has 1 fully saturated rings. The summed E-state index contributed by atoms with van der Waals surface area (Å²) >= 11 is 0. The second-order valence-corrected chi connectivity index (χ2v) is 5.87. The molecule has 0 bridgehead atoms. The van der Waals surface area contributed by atoms with Gasteiger partial charge in [0, 0.05) is 0 Å². The molecule has 3 aliphatic carbocycles. The van der Waals surface area contributed by atoms with E-state index < -0.39 is 11.4 Å². The van der Waals surface area contributed by atoms with Crippen LogP contribution in [0.15, 0.2) is 48.5 Å². The Morgan fingerprint density at radius 1 is 0.895 bits per heavy atom. The number of hydrogen-bond acceptors (Lipinski definition) is 1. The Bertz CT molecular complexity index is 693. The van der Waals surface area contributed by atoms with Crippen molar-refractivity contribution in [1.29, 1.82) is 0 Å². The summed E-state index contributed by atoms with van der Waals surface area (Å²) in [7, 11) is 0. The second kappa shape index (κ2) is 2.74. The van der Waals surface area contributed by atoms with Crippen molar-refractivity contribution in [3.05, 3.63) is 70.8 Å². The van der Waals surface area contributed by atoms with E-state index >= 15 is 0 Å². The van der Waals surface area contributed by atoms with Crippen molar-refractivity contribution in [3.8, 4) is 0 Å². The van der Waals surface area contributed by atoms with E-state index in [9.17, 15) is 9.90 Å². The molecule has 0 radical (unpaired) electrons. The van der Waals surface area contributed by atoms with E-state index in [0.717, 1.165) is 11.1 Å². The standard InChI is InChI=1S/C17H12O2/c18-16(19)17-11-7-3-1-5-9(11)13-14(15(13)17)10-6-2-4-8-12(10)17/h1-8,13-15H,(H,18,19)/t13-,14+,15?,17?. The molecule has 0 amide bonds. The van der Waals surface area contributed by atoms with Crippen molar-refractivity contribution in [1.82, 2.24) is 0 Å². The van der Waals surface area contributed by atoms with Crippen LogP contribution in [0.3, 0.4) is 0 Å². The van der Waals surface area contributed by atoms with Gasteiger partial charge in [0.05, 0.1) is 0 Å². The Hall–Kier alpha value is -2.09. The Kier molecular flexibility index (Phi) is 1.41. The predicted molar refractivity (Wildman–Crippen MR) is 70.3 cm³/mol. The molecule has 92 valence electrons. The van der Waals surface area contributed by atoms with Gasteiger partial charge >= 0.3 is 5.97 Å². The lowest BCUT2D eigenvalue weighted by Gasteiger charge is -2.25. The third kappa shape index (κ3) is 0.803. The van der Waals surface area contributed by atoms with Crippen LogP contribution in [0.4, 0.5) is 0 Å². The molecule has 0 aliphatic heterocycles. The summed E-state index contributed by atoms with van der Waals surface area (Å²) in [6, 6.07) is 16.2. The molecule has 1 saturated carbocycles. The lowest BCUT2D eigenvalue weighted by atomic mass is 9.75. The summed E-state index contributed by atoms with van der Waals surface area (Å²) in [6.07, 6.45) is 0. The van der Waals surface area contributed by atoms with Gasteiger partial charge in [-0.1, -0.05) is 48.5 Å². The lowest BCUT2D eigenvalue weighted by Crippen LogP contribution is -2.36. The highest BCUT2D eigenvalue weighted by Gasteiger charge is 2.76. The summed E-state index contributed by atoms with van der Waals surface area (Å²) in [4.78, 5) is 12.1. The van der Waals surface area contributed by atoms with Gasteiger partial charge in [0.2, 0.25) is 0 Å². The van der Waals surface area contributed by atoms with Gasteiger partial charge in [0.25, 0.3) is 0 Å². The minimum Gasteiger partial charge on any atom is -0.480 e. The van der Waals surface area contributed by atoms with Crippen molar-refractivity contribution >= 4 is 5.97 Å². The molecule has 5 rings (SSSR count). The van der Waals surface area contributed by atoms with E-state index in [1.54, 1.807) is 0 Å². The second-order valence-electron chi connectivity index (χ2n) is 5.87. The first-order chi connectivity index (χ1) is 9.28. The predicted octanol–water partition coefficient (Wildman–Crippen LogP) is 2.88. The van der Waals surface area contributed by atoms with Crippen LogP contribution >= 0.6 is 0 Å². The van der Waals surface area contributed by atoms with Crippen molar-refractivity contribution in [2.75, 3.05) is 0 Å². The molecule has 2 nitrogen and oxygen atoms in total. The van der Waals surface area contributed by atoms with Crippen LogP contribution in [0, 0.1) is 5.92 Å². The van der Waals surface area contributed by atoms with E-state index in [2.05, 4.69) is 12.1 Å². The maximum absolute atomic E-state index is 12.1. The van der Waals surface area contributed by atoms with Gasteiger partial charge in [0.15, 0.2) is 0 Å². The molecule has 0 spiro atoms. The fourth-order valence-corrected chi connectivity index (χ4v) is 4.79. The monoisotopic (exact) mass is 248 g/mol. The Morgan fingerprint density at radius 2 is 1.37 bits per heavy atom. The zero-order valence-corrected chi connectivity index (χ0v) is 10.2. The van der Waals surface area contributed by atoms with E-state index in [4.69, 9.17) is 0 Å². The van der Waals surface area contributed by atoms with E-state index in [-0.39, 0.29) is 5.92 Å². The Labute approximate surface area is 110 Å². The molecule has 19 heavy (non-hydrogen) atoms. The molecular weight excluding hydrogens is 236 g/mol. The minimum atomic E-state index is -0.775. The third-order valence-electron chi connectivity index (χ3n) is 5.35. The van der Waals surface area contributed by atoms with Crippen molar-refractivity contribution in [2.24, 2.45) is 5.92 Å². The Morgan fingerprint density at radius 3 is 1.84 bits per heavy atom. The first-order valence-electron chi connectivity index (χ1n) is 6.70. The normalized spacial score (nSPS) is 35.5. The molecule has 0 aromatic heterocycles. The highest BCUT2D eigenvalue weighted by Crippen LogP contribution is 2.80. The van der Waals surface area contributed by atoms with E-state index in [1.165, 1.54) is 11.1 Å². The fraction of sp³-hybridized carbons (Fsp3) is 0.235. The Balaban J connectivity index is 1.94. The summed E-state index contributed by atoms with van der Waals surface area (Å²) < 4.78 is 0. The molecule has 0 saturated heterocycles. The average Bonchev–Trinajstić information content (AvgIpc) is 3.01. The van der Waals surface area contributed by atoms with Gasteiger partial charge in [-0.3, -0.25) is 4.79 Å². The molecular formula is C17H12O2. The molecule has 2 unspecified atom stereocenters. The lowest BCUT2D eigenvalue weighted by molar-refractivity contribution is -0.142. The molecule has 2 aromatic carbocycles. The number of fused-ring (bicyclic) bond motifs is 7. The summed E-state index contributed by atoms with van der Waals surface area (Å²) in [5.41, 5.74) is 3.80. The smallest absolute Gasteiger partial charge is 0.319 e. The number of aliphatic carboxylic acids is 1. The molecule has 2 heteroatoms. The summed E-state index contributed by atoms with van der Waals surface area (Å²) in [5, 5.41) is 9.98. The topological polar surface area (TPSA) is 37.3 Å². The van der Waals surface area contributed by atoms with Crippen LogP contribution in [-0.4, -0.2) is 11.1 Å². The molecule has 0 heterocycles. The fourth-order valence-electron chi connectivity index (χ4n) is 4.79.